The molecular weight excluding hydrogens is 351 g/mol. The van der Waals surface area contributed by atoms with Crippen molar-refractivity contribution in [1.82, 2.24) is 10.6 Å². The van der Waals surface area contributed by atoms with Crippen LogP contribution >= 0.6 is 12.4 Å². The molecule has 0 aromatic heterocycles. The van der Waals surface area contributed by atoms with Crippen molar-refractivity contribution < 1.29 is 9.18 Å². The second-order valence-corrected chi connectivity index (χ2v) is 6.90. The minimum Gasteiger partial charge on any atom is -0.352 e. The van der Waals surface area contributed by atoms with Crippen molar-refractivity contribution in [1.29, 1.82) is 0 Å². The molecular formula is C21H26ClFN2O. The molecule has 0 bridgehead atoms. The lowest BCUT2D eigenvalue weighted by Crippen LogP contribution is -2.27. The van der Waals surface area contributed by atoms with Gasteiger partial charge in [0.25, 0.3) is 5.91 Å². The zero-order valence-corrected chi connectivity index (χ0v) is 16.1. The molecule has 1 atom stereocenters. The van der Waals surface area contributed by atoms with E-state index in [0.717, 1.165) is 37.1 Å². The third kappa shape index (κ3) is 4.83. The van der Waals surface area contributed by atoms with Gasteiger partial charge in [-0.15, -0.1) is 12.4 Å². The molecule has 3 nitrogen and oxygen atoms in total. The minimum atomic E-state index is -0.476. The van der Waals surface area contributed by atoms with E-state index in [0.29, 0.717) is 12.5 Å². The fourth-order valence-electron chi connectivity index (χ4n) is 3.25. The lowest BCUT2D eigenvalue weighted by Gasteiger charge is -2.11. The average Bonchev–Trinajstić information content (AvgIpc) is 3.10. The Bertz CT molecular complexity index is 773. The van der Waals surface area contributed by atoms with Gasteiger partial charge in [-0.1, -0.05) is 24.3 Å². The third-order valence-corrected chi connectivity index (χ3v) is 5.05. The van der Waals surface area contributed by atoms with E-state index in [9.17, 15) is 9.18 Å². The van der Waals surface area contributed by atoms with Crippen LogP contribution in [0, 0.1) is 25.6 Å². The Kier molecular flexibility index (Phi) is 7.18. The Morgan fingerprint density at radius 3 is 2.54 bits per heavy atom. The molecule has 5 heteroatoms. The van der Waals surface area contributed by atoms with Crippen molar-refractivity contribution >= 4 is 18.3 Å². The van der Waals surface area contributed by atoms with Crippen molar-refractivity contribution in [3.8, 4) is 11.1 Å². The van der Waals surface area contributed by atoms with Gasteiger partial charge in [0.05, 0.1) is 5.56 Å². The molecule has 0 spiro atoms. The highest BCUT2D eigenvalue weighted by atomic mass is 35.5. The molecule has 1 saturated heterocycles. The van der Waals surface area contributed by atoms with Gasteiger partial charge in [0.2, 0.25) is 0 Å². The number of aryl methyl sites for hydroxylation is 2. The molecule has 3 rings (SSSR count). The predicted octanol–water partition coefficient (Wildman–Crippen LogP) is 4.26. The van der Waals surface area contributed by atoms with Gasteiger partial charge in [-0.2, -0.15) is 0 Å². The highest BCUT2D eigenvalue weighted by Crippen LogP contribution is 2.24. The summed E-state index contributed by atoms with van der Waals surface area (Å²) in [5, 5.41) is 6.14. The number of halogens is 2. The Morgan fingerprint density at radius 2 is 1.88 bits per heavy atom. The van der Waals surface area contributed by atoms with Crippen LogP contribution in [0.5, 0.6) is 0 Å². The van der Waals surface area contributed by atoms with Crippen LogP contribution in [0.3, 0.4) is 0 Å². The second-order valence-electron chi connectivity index (χ2n) is 6.90. The summed E-state index contributed by atoms with van der Waals surface area (Å²) in [6.45, 7) is 6.73. The topological polar surface area (TPSA) is 41.1 Å². The highest BCUT2D eigenvalue weighted by molar-refractivity contribution is 5.95. The number of hydrogen-bond acceptors (Lipinski definition) is 2. The summed E-state index contributed by atoms with van der Waals surface area (Å²) >= 11 is 0. The maximum absolute atomic E-state index is 14.4. The van der Waals surface area contributed by atoms with Crippen molar-refractivity contribution in [2.45, 2.75) is 26.7 Å². The summed E-state index contributed by atoms with van der Waals surface area (Å²) < 4.78 is 14.4. The summed E-state index contributed by atoms with van der Waals surface area (Å²) in [5.41, 5.74) is 4.23. The second kappa shape index (κ2) is 9.15. The lowest BCUT2D eigenvalue weighted by atomic mass is 9.99. The monoisotopic (exact) mass is 376 g/mol. The zero-order valence-electron chi connectivity index (χ0n) is 15.3. The molecule has 2 aromatic rings. The number of rotatable bonds is 5. The van der Waals surface area contributed by atoms with E-state index in [1.807, 2.05) is 31.2 Å². The molecule has 0 aliphatic carbocycles. The largest absolute Gasteiger partial charge is 0.352 e. The van der Waals surface area contributed by atoms with Crippen molar-refractivity contribution in [3.63, 3.8) is 0 Å². The number of carbonyl (C=O) groups excluding carboxylic acids is 1. The first kappa shape index (κ1) is 20.4. The summed E-state index contributed by atoms with van der Waals surface area (Å²) in [4.78, 5) is 12.2. The molecule has 0 radical (unpaired) electrons. The van der Waals surface area contributed by atoms with Crippen LogP contribution in [0.2, 0.25) is 0 Å². The standard InChI is InChI=1S/C21H25FN2O.ClH/c1-14-3-4-17(11-15(14)2)18-5-6-19(20(22)12-18)21(25)24-10-8-16-7-9-23-13-16;/h3-6,11-12,16,23H,7-10,13H2,1-2H3,(H,24,25);1H. The summed E-state index contributed by atoms with van der Waals surface area (Å²) in [6.07, 6.45) is 2.08. The molecule has 1 fully saturated rings. The van der Waals surface area contributed by atoms with Crippen molar-refractivity contribution in [2.75, 3.05) is 19.6 Å². The number of carbonyl (C=O) groups is 1. The first-order chi connectivity index (χ1) is 12.0. The number of hydrogen-bond donors (Lipinski definition) is 2. The molecule has 2 N–H and O–H groups in total. The molecule has 1 amide bonds. The van der Waals surface area contributed by atoms with Crippen LogP contribution in [0.4, 0.5) is 4.39 Å². The van der Waals surface area contributed by atoms with E-state index in [1.54, 1.807) is 6.07 Å². The van der Waals surface area contributed by atoms with Gasteiger partial charge in [-0.05, 0) is 80.1 Å². The molecule has 1 aliphatic heterocycles. The van der Waals surface area contributed by atoms with Gasteiger partial charge >= 0.3 is 0 Å². The summed E-state index contributed by atoms with van der Waals surface area (Å²) in [7, 11) is 0. The Hall–Kier alpha value is -1.91. The Morgan fingerprint density at radius 1 is 1.15 bits per heavy atom. The van der Waals surface area contributed by atoms with Gasteiger partial charge in [0, 0.05) is 6.54 Å². The quantitative estimate of drug-likeness (QED) is 0.818. The molecule has 1 unspecified atom stereocenters. The fraction of sp³-hybridized carbons (Fsp3) is 0.381. The van der Waals surface area contributed by atoms with Crippen LogP contribution in [-0.4, -0.2) is 25.5 Å². The SMILES string of the molecule is Cc1ccc(-c2ccc(C(=O)NCCC3CCNC3)c(F)c2)cc1C.Cl. The van der Waals surface area contributed by atoms with Crippen molar-refractivity contribution in [2.24, 2.45) is 5.92 Å². The zero-order chi connectivity index (χ0) is 17.8. The average molecular weight is 377 g/mol. The maximum Gasteiger partial charge on any atom is 0.254 e. The molecule has 2 aromatic carbocycles. The third-order valence-electron chi connectivity index (χ3n) is 5.05. The van der Waals surface area contributed by atoms with E-state index in [2.05, 4.69) is 17.6 Å². The molecule has 1 aliphatic rings. The lowest BCUT2D eigenvalue weighted by molar-refractivity contribution is 0.0947. The molecule has 1 heterocycles. The summed E-state index contributed by atoms with van der Waals surface area (Å²) in [6, 6.07) is 10.9. The van der Waals surface area contributed by atoms with E-state index >= 15 is 0 Å². The predicted molar refractivity (Wildman–Crippen MR) is 106 cm³/mol. The Labute approximate surface area is 160 Å². The number of amides is 1. The highest BCUT2D eigenvalue weighted by Gasteiger charge is 2.16. The van der Waals surface area contributed by atoms with E-state index < -0.39 is 5.82 Å². The first-order valence-corrected chi connectivity index (χ1v) is 8.90. The normalized spacial score (nSPS) is 16.2. The molecule has 140 valence electrons. The van der Waals surface area contributed by atoms with Gasteiger partial charge < -0.3 is 10.6 Å². The molecule has 0 saturated carbocycles. The van der Waals surface area contributed by atoms with Gasteiger partial charge in [0.15, 0.2) is 0 Å². The van der Waals surface area contributed by atoms with Crippen LogP contribution in [0.1, 0.15) is 34.3 Å². The first-order valence-electron chi connectivity index (χ1n) is 8.90. The van der Waals surface area contributed by atoms with Crippen molar-refractivity contribution in [3.05, 3.63) is 58.9 Å². The van der Waals surface area contributed by atoms with Crippen LogP contribution in [-0.2, 0) is 0 Å². The molecule has 26 heavy (non-hydrogen) atoms. The Balaban J connectivity index is 0.00000243. The van der Waals surface area contributed by atoms with Gasteiger partial charge in [-0.3, -0.25) is 4.79 Å². The number of benzene rings is 2. The minimum absolute atomic E-state index is 0. The maximum atomic E-state index is 14.4. The van der Waals surface area contributed by atoms with Crippen LogP contribution in [0.25, 0.3) is 11.1 Å². The smallest absolute Gasteiger partial charge is 0.254 e. The van der Waals surface area contributed by atoms with Crippen LogP contribution < -0.4 is 10.6 Å². The fourth-order valence-corrected chi connectivity index (χ4v) is 3.25. The van der Waals surface area contributed by atoms with Gasteiger partial charge in [-0.25, -0.2) is 4.39 Å². The van der Waals surface area contributed by atoms with E-state index in [1.165, 1.54) is 17.2 Å². The van der Waals surface area contributed by atoms with Crippen LogP contribution in [0.15, 0.2) is 36.4 Å². The number of nitrogens with one attached hydrogen (secondary N) is 2. The van der Waals surface area contributed by atoms with Gasteiger partial charge in [0.1, 0.15) is 5.82 Å². The van der Waals surface area contributed by atoms with E-state index in [4.69, 9.17) is 0 Å². The summed E-state index contributed by atoms with van der Waals surface area (Å²) in [5.74, 6) is -0.205. The van der Waals surface area contributed by atoms with E-state index in [-0.39, 0.29) is 23.9 Å².